The molecule has 0 aromatic heterocycles. The van der Waals surface area contributed by atoms with Crippen molar-refractivity contribution in [3.05, 3.63) is 35.5 Å². The van der Waals surface area contributed by atoms with Crippen molar-refractivity contribution in [3.63, 3.8) is 0 Å². The highest BCUT2D eigenvalue weighted by molar-refractivity contribution is 5.97. The zero-order valence-corrected chi connectivity index (χ0v) is 15.4. The zero-order valence-electron chi connectivity index (χ0n) is 15.4. The number of hydrogen-bond acceptors (Lipinski definition) is 3. The highest BCUT2D eigenvalue weighted by Gasteiger charge is 2.24. The van der Waals surface area contributed by atoms with E-state index in [0.29, 0.717) is 13.0 Å². The van der Waals surface area contributed by atoms with E-state index >= 15 is 0 Å². The van der Waals surface area contributed by atoms with Crippen molar-refractivity contribution in [2.75, 3.05) is 6.61 Å². The predicted octanol–water partition coefficient (Wildman–Crippen LogP) is 5.17. The molecular formula is C20H32O3. The van der Waals surface area contributed by atoms with E-state index in [9.17, 15) is 9.59 Å². The normalized spacial score (nSPS) is 13.6. The first-order chi connectivity index (χ1) is 10.8. The molecule has 1 unspecified atom stereocenters. The molecule has 1 atom stereocenters. The van der Waals surface area contributed by atoms with Crippen LogP contribution in [0.15, 0.2) is 35.5 Å². The molecule has 0 aliphatic heterocycles. The van der Waals surface area contributed by atoms with E-state index in [4.69, 9.17) is 4.74 Å². The quantitative estimate of drug-likeness (QED) is 0.299. The van der Waals surface area contributed by atoms with Crippen molar-refractivity contribution in [2.24, 2.45) is 5.92 Å². The van der Waals surface area contributed by atoms with Gasteiger partial charge < -0.3 is 4.74 Å². The summed E-state index contributed by atoms with van der Waals surface area (Å²) in [4.78, 5) is 23.4. The molecule has 0 amide bonds. The van der Waals surface area contributed by atoms with Crippen LogP contribution in [-0.2, 0) is 14.3 Å². The maximum atomic E-state index is 11.8. The summed E-state index contributed by atoms with van der Waals surface area (Å²) >= 11 is 0. The molecule has 3 nitrogen and oxygen atoms in total. The molecule has 0 saturated heterocycles. The van der Waals surface area contributed by atoms with E-state index in [0.717, 1.165) is 31.3 Å². The van der Waals surface area contributed by atoms with E-state index in [1.54, 1.807) is 6.92 Å². The van der Waals surface area contributed by atoms with Crippen molar-refractivity contribution in [2.45, 2.75) is 66.7 Å². The molecular weight excluding hydrogens is 288 g/mol. The molecule has 0 fully saturated rings. The second kappa shape index (κ2) is 11.9. The Bertz CT molecular complexity index is 469. The number of carbonyl (C=O) groups is 2. The number of hydrogen-bond donors (Lipinski definition) is 0. The third-order valence-electron chi connectivity index (χ3n) is 3.68. The maximum absolute atomic E-state index is 11.8. The minimum Gasteiger partial charge on any atom is -0.465 e. The lowest BCUT2D eigenvalue weighted by Crippen LogP contribution is -2.24. The van der Waals surface area contributed by atoms with Gasteiger partial charge >= 0.3 is 5.97 Å². The molecule has 3 heteroatoms. The van der Waals surface area contributed by atoms with Crippen LogP contribution in [0.2, 0.25) is 0 Å². The van der Waals surface area contributed by atoms with Crippen molar-refractivity contribution < 1.29 is 14.3 Å². The average molecular weight is 320 g/mol. The Morgan fingerprint density at radius 2 is 1.57 bits per heavy atom. The largest absolute Gasteiger partial charge is 0.465 e. The van der Waals surface area contributed by atoms with Crippen LogP contribution in [0.25, 0.3) is 0 Å². The highest BCUT2D eigenvalue weighted by atomic mass is 16.5. The lowest BCUT2D eigenvalue weighted by molar-refractivity contribution is -0.151. The number of ketones is 1. The third kappa shape index (κ3) is 10.7. The van der Waals surface area contributed by atoms with E-state index < -0.39 is 11.9 Å². The predicted molar refractivity (Wildman–Crippen MR) is 96.2 cm³/mol. The van der Waals surface area contributed by atoms with Crippen molar-refractivity contribution in [1.82, 2.24) is 0 Å². The summed E-state index contributed by atoms with van der Waals surface area (Å²) in [5.74, 6) is -1.21. The molecule has 0 aromatic rings. The van der Waals surface area contributed by atoms with E-state index in [2.05, 4.69) is 25.7 Å². The van der Waals surface area contributed by atoms with Crippen LogP contribution in [0.4, 0.5) is 0 Å². The molecule has 0 N–H and O–H groups in total. The van der Waals surface area contributed by atoms with Crippen LogP contribution in [0.1, 0.15) is 66.7 Å². The third-order valence-corrected chi connectivity index (χ3v) is 3.68. The maximum Gasteiger partial charge on any atom is 0.316 e. The monoisotopic (exact) mass is 320 g/mol. The Kier molecular flexibility index (Phi) is 11.0. The Balaban J connectivity index is 4.40. The molecule has 0 saturated carbocycles. The van der Waals surface area contributed by atoms with Gasteiger partial charge in [-0.2, -0.15) is 0 Å². The van der Waals surface area contributed by atoms with Gasteiger partial charge in [-0.05, 0) is 66.7 Å². The van der Waals surface area contributed by atoms with Gasteiger partial charge in [-0.15, -0.1) is 6.58 Å². The summed E-state index contributed by atoms with van der Waals surface area (Å²) in [6.45, 7) is 13.6. The van der Waals surface area contributed by atoms with Gasteiger partial charge in [0.1, 0.15) is 11.7 Å². The summed E-state index contributed by atoms with van der Waals surface area (Å²) < 4.78 is 4.97. The first kappa shape index (κ1) is 21.4. The number of carbonyl (C=O) groups excluding carboxylic acids is 2. The minimum atomic E-state index is -0.668. The smallest absolute Gasteiger partial charge is 0.316 e. The van der Waals surface area contributed by atoms with Crippen molar-refractivity contribution in [1.29, 1.82) is 0 Å². The van der Waals surface area contributed by atoms with Crippen LogP contribution in [0.5, 0.6) is 0 Å². The van der Waals surface area contributed by atoms with E-state index in [-0.39, 0.29) is 5.78 Å². The van der Waals surface area contributed by atoms with Crippen LogP contribution in [0.3, 0.4) is 0 Å². The molecule has 0 rings (SSSR count). The Hall–Kier alpha value is -1.64. The average Bonchev–Trinajstić information content (AvgIpc) is 2.44. The minimum absolute atomic E-state index is 0.132. The zero-order chi connectivity index (χ0) is 17.8. The lowest BCUT2D eigenvalue weighted by atomic mass is 9.95. The van der Waals surface area contributed by atoms with E-state index in [1.807, 2.05) is 13.8 Å². The second-order valence-corrected chi connectivity index (χ2v) is 6.25. The van der Waals surface area contributed by atoms with Gasteiger partial charge in [0.25, 0.3) is 0 Å². The fourth-order valence-corrected chi connectivity index (χ4v) is 2.25. The lowest BCUT2D eigenvalue weighted by Gasteiger charge is -2.12. The molecule has 0 aliphatic rings. The molecule has 23 heavy (non-hydrogen) atoms. The Morgan fingerprint density at radius 3 is 2.09 bits per heavy atom. The SMILES string of the molecule is C=C(C)CC/C=C(\C)CC/C=C(\C)CC(C(C)=O)C(=O)OCC. The van der Waals surface area contributed by atoms with Crippen LogP contribution in [0, 0.1) is 5.92 Å². The van der Waals surface area contributed by atoms with Gasteiger partial charge in [-0.1, -0.05) is 28.9 Å². The second-order valence-electron chi connectivity index (χ2n) is 6.25. The summed E-state index contributed by atoms with van der Waals surface area (Å²) in [6, 6.07) is 0. The number of Topliss-reactive ketones (excluding diaryl/α,β-unsaturated/α-hetero) is 1. The fourth-order valence-electron chi connectivity index (χ4n) is 2.25. The number of rotatable bonds is 11. The first-order valence-corrected chi connectivity index (χ1v) is 8.40. The summed E-state index contributed by atoms with van der Waals surface area (Å²) in [7, 11) is 0. The van der Waals surface area contributed by atoms with Crippen molar-refractivity contribution in [3.8, 4) is 0 Å². The molecule has 0 aliphatic carbocycles. The standard InChI is InChI=1S/C20H32O3/c1-7-23-20(22)19(18(6)21)14-17(5)13-9-12-16(4)11-8-10-15(2)3/h11,13,19H,2,7-10,12,14H2,1,3-6H3/b16-11+,17-13+. The van der Waals surface area contributed by atoms with Gasteiger partial charge in [0.2, 0.25) is 0 Å². The van der Waals surface area contributed by atoms with Gasteiger partial charge in [-0.25, -0.2) is 0 Å². The van der Waals surface area contributed by atoms with Crippen LogP contribution >= 0.6 is 0 Å². The molecule has 0 spiro atoms. The summed E-state index contributed by atoms with van der Waals surface area (Å²) in [5.41, 5.74) is 3.64. The van der Waals surface area contributed by atoms with Crippen molar-refractivity contribution >= 4 is 11.8 Å². The highest BCUT2D eigenvalue weighted by Crippen LogP contribution is 2.17. The van der Waals surface area contributed by atoms with Crippen LogP contribution in [-0.4, -0.2) is 18.4 Å². The Morgan fingerprint density at radius 1 is 1.00 bits per heavy atom. The molecule has 0 aromatic carbocycles. The van der Waals surface area contributed by atoms with Gasteiger partial charge in [0, 0.05) is 0 Å². The summed E-state index contributed by atoms with van der Waals surface area (Å²) in [6.07, 6.45) is 8.82. The van der Waals surface area contributed by atoms with Crippen LogP contribution < -0.4 is 0 Å². The fraction of sp³-hybridized carbons (Fsp3) is 0.600. The topological polar surface area (TPSA) is 43.4 Å². The summed E-state index contributed by atoms with van der Waals surface area (Å²) in [5, 5.41) is 0. The van der Waals surface area contributed by atoms with Gasteiger partial charge in [-0.3, -0.25) is 9.59 Å². The molecule has 0 radical (unpaired) electrons. The Labute approximate surface area is 141 Å². The van der Waals surface area contributed by atoms with E-state index in [1.165, 1.54) is 18.1 Å². The number of esters is 1. The van der Waals surface area contributed by atoms with Gasteiger partial charge in [0.05, 0.1) is 6.61 Å². The first-order valence-electron chi connectivity index (χ1n) is 8.40. The molecule has 130 valence electrons. The molecule has 0 heterocycles. The number of allylic oxidation sites excluding steroid dienone is 5. The molecule has 0 bridgehead atoms. The van der Waals surface area contributed by atoms with Gasteiger partial charge in [0.15, 0.2) is 0 Å². The number of ether oxygens (including phenoxy) is 1.